The van der Waals surface area contributed by atoms with E-state index in [9.17, 15) is 21.4 Å². The molecule has 2 aromatic rings. The molecule has 0 aliphatic rings. The molecule has 1 heterocycles. The van der Waals surface area contributed by atoms with Crippen LogP contribution in [0.5, 0.6) is 5.88 Å². The number of ether oxygens (including phenoxy) is 1. The zero-order valence-corrected chi connectivity index (χ0v) is 15.6. The van der Waals surface area contributed by atoms with Crippen molar-refractivity contribution in [3.8, 4) is 11.9 Å². The number of nitrogen functional groups attached to an aromatic ring is 2. The summed E-state index contributed by atoms with van der Waals surface area (Å²) in [4.78, 5) is 2.25. The lowest BCUT2D eigenvalue weighted by Gasteiger charge is -2.09. The Bertz CT molecular complexity index is 1230. The average molecular weight is 428 g/mol. The fraction of sp³-hybridized carbons (Fsp3) is 0.0769. The molecule has 0 unspecified atom stereocenters. The van der Waals surface area contributed by atoms with Crippen molar-refractivity contribution in [3.05, 3.63) is 23.8 Å². The SMILES string of the molecule is COc1nc(N)c(C#N)c(N)c1/N=N/c1cc(S(=O)(=O)O)ccc1S(=O)(=O)O. The number of nitrogens with zero attached hydrogens (tertiary/aromatic N) is 4. The van der Waals surface area contributed by atoms with Gasteiger partial charge in [0.2, 0.25) is 5.88 Å². The zero-order valence-electron chi connectivity index (χ0n) is 13.9. The smallest absolute Gasteiger partial charge is 0.296 e. The minimum atomic E-state index is -4.83. The van der Waals surface area contributed by atoms with Crippen molar-refractivity contribution >= 4 is 43.1 Å². The second-order valence-electron chi connectivity index (χ2n) is 5.04. The fourth-order valence-corrected chi connectivity index (χ4v) is 3.11. The molecular weight excluding hydrogens is 416 g/mol. The van der Waals surface area contributed by atoms with Crippen LogP contribution in [0.2, 0.25) is 0 Å². The van der Waals surface area contributed by atoms with Gasteiger partial charge in [-0.25, -0.2) is 0 Å². The van der Waals surface area contributed by atoms with Crippen LogP contribution in [0.25, 0.3) is 0 Å². The third kappa shape index (κ3) is 4.15. The van der Waals surface area contributed by atoms with Crippen molar-refractivity contribution in [1.29, 1.82) is 5.26 Å². The Labute approximate surface area is 158 Å². The second kappa shape index (κ2) is 7.36. The van der Waals surface area contributed by atoms with Crippen LogP contribution in [0.1, 0.15) is 5.56 Å². The van der Waals surface area contributed by atoms with E-state index in [1.165, 1.54) is 7.11 Å². The van der Waals surface area contributed by atoms with E-state index in [4.69, 9.17) is 26.0 Å². The average Bonchev–Trinajstić information content (AvgIpc) is 2.59. The van der Waals surface area contributed by atoms with Crippen LogP contribution in [0.15, 0.2) is 38.2 Å². The van der Waals surface area contributed by atoms with E-state index in [1.54, 1.807) is 6.07 Å². The monoisotopic (exact) mass is 428 g/mol. The number of azo groups is 1. The summed E-state index contributed by atoms with van der Waals surface area (Å²) in [5, 5.41) is 16.3. The largest absolute Gasteiger partial charge is 0.479 e. The molecule has 1 aromatic carbocycles. The molecule has 15 heteroatoms. The molecule has 0 saturated heterocycles. The van der Waals surface area contributed by atoms with Crippen molar-refractivity contribution in [2.45, 2.75) is 9.79 Å². The maximum atomic E-state index is 11.5. The molecule has 0 spiro atoms. The predicted octanol–water partition coefficient (Wildman–Crippen LogP) is 1.04. The Morgan fingerprint density at radius 1 is 1.14 bits per heavy atom. The van der Waals surface area contributed by atoms with Crippen LogP contribution in [0.3, 0.4) is 0 Å². The third-order valence-corrected chi connectivity index (χ3v) is 5.02. The molecule has 2 rings (SSSR count). The Morgan fingerprint density at radius 2 is 1.79 bits per heavy atom. The van der Waals surface area contributed by atoms with Gasteiger partial charge in [-0.3, -0.25) is 9.11 Å². The lowest BCUT2D eigenvalue weighted by molar-refractivity contribution is 0.400. The van der Waals surface area contributed by atoms with Gasteiger partial charge in [0.25, 0.3) is 20.2 Å². The van der Waals surface area contributed by atoms with Crippen LogP contribution >= 0.6 is 0 Å². The molecule has 0 aliphatic heterocycles. The molecule has 28 heavy (non-hydrogen) atoms. The first-order valence-electron chi connectivity index (χ1n) is 6.94. The highest BCUT2D eigenvalue weighted by molar-refractivity contribution is 7.86. The van der Waals surface area contributed by atoms with E-state index in [1.807, 2.05) is 0 Å². The van der Waals surface area contributed by atoms with Gasteiger partial charge in [0.15, 0.2) is 5.69 Å². The summed E-state index contributed by atoms with van der Waals surface area (Å²) >= 11 is 0. The summed E-state index contributed by atoms with van der Waals surface area (Å²) in [5.41, 5.74) is 9.87. The van der Waals surface area contributed by atoms with Gasteiger partial charge in [-0.1, -0.05) is 0 Å². The number of pyridine rings is 1. The summed E-state index contributed by atoms with van der Waals surface area (Å²) in [6, 6.07) is 3.80. The zero-order chi connectivity index (χ0) is 21.3. The third-order valence-electron chi connectivity index (χ3n) is 3.27. The Balaban J connectivity index is 2.75. The minimum absolute atomic E-state index is 0.239. The summed E-state index contributed by atoms with van der Waals surface area (Å²) in [6.07, 6.45) is 0. The normalized spacial score (nSPS) is 12.1. The molecule has 0 amide bonds. The van der Waals surface area contributed by atoms with Gasteiger partial charge >= 0.3 is 0 Å². The van der Waals surface area contributed by atoms with Crippen LogP contribution < -0.4 is 16.2 Å². The predicted molar refractivity (Wildman–Crippen MR) is 94.6 cm³/mol. The van der Waals surface area contributed by atoms with Crippen molar-refractivity contribution in [2.75, 3.05) is 18.6 Å². The second-order valence-corrected chi connectivity index (χ2v) is 7.85. The Kier molecular flexibility index (Phi) is 5.52. The topological polar surface area (TPSA) is 231 Å². The fourth-order valence-electron chi connectivity index (χ4n) is 2.00. The number of aromatic nitrogens is 1. The molecule has 148 valence electrons. The Morgan fingerprint density at radius 3 is 2.29 bits per heavy atom. The highest BCUT2D eigenvalue weighted by atomic mass is 32.2. The van der Waals surface area contributed by atoms with E-state index in [0.717, 1.165) is 6.07 Å². The molecule has 1 aromatic heterocycles. The van der Waals surface area contributed by atoms with Crippen molar-refractivity contribution < 1.29 is 30.7 Å². The number of anilines is 2. The van der Waals surface area contributed by atoms with Gasteiger partial charge in [-0.05, 0) is 18.2 Å². The molecule has 0 atom stereocenters. The summed E-state index contributed by atoms with van der Waals surface area (Å²) in [7, 11) is -8.34. The number of hydrogen-bond donors (Lipinski definition) is 4. The molecule has 0 bridgehead atoms. The summed E-state index contributed by atoms with van der Waals surface area (Å²) < 4.78 is 68.8. The van der Waals surface area contributed by atoms with Crippen LogP contribution in [-0.2, 0) is 20.2 Å². The van der Waals surface area contributed by atoms with Gasteiger partial charge in [-0.2, -0.15) is 27.1 Å². The Hall–Kier alpha value is -3.32. The first-order chi connectivity index (χ1) is 12.9. The molecule has 0 aliphatic carbocycles. The molecule has 0 fully saturated rings. The van der Waals surface area contributed by atoms with E-state index in [0.29, 0.717) is 12.1 Å². The van der Waals surface area contributed by atoms with Gasteiger partial charge in [0.05, 0.1) is 17.7 Å². The van der Waals surface area contributed by atoms with Gasteiger partial charge in [-0.15, -0.1) is 10.2 Å². The number of rotatable bonds is 5. The highest BCUT2D eigenvalue weighted by Gasteiger charge is 2.21. The number of nitriles is 1. The highest BCUT2D eigenvalue weighted by Crippen LogP contribution is 2.38. The molecule has 13 nitrogen and oxygen atoms in total. The molecule has 0 saturated carbocycles. The minimum Gasteiger partial charge on any atom is -0.479 e. The summed E-state index contributed by atoms with van der Waals surface area (Å²) in [6.45, 7) is 0. The van der Waals surface area contributed by atoms with E-state index in [2.05, 4.69) is 15.2 Å². The molecule has 6 N–H and O–H groups in total. The van der Waals surface area contributed by atoms with Gasteiger partial charge in [0, 0.05) is 0 Å². The van der Waals surface area contributed by atoms with Crippen molar-refractivity contribution in [3.63, 3.8) is 0 Å². The lowest BCUT2D eigenvalue weighted by Crippen LogP contribution is -2.03. The maximum absolute atomic E-state index is 11.5. The standard InChI is InChI=1S/C13H12N6O7S2/c1-26-13-11(10(15)7(5-14)12(16)17-13)19-18-8-4-6(27(20,21)22)2-3-9(8)28(23,24)25/h2-4H,1H3,(H4,15,16,17)(H,20,21,22)(H,23,24,25)/b19-18+. The number of methoxy groups -OCH3 is 1. The van der Waals surface area contributed by atoms with Gasteiger partial charge < -0.3 is 16.2 Å². The maximum Gasteiger partial charge on any atom is 0.296 e. The molecule has 0 radical (unpaired) electrons. The number of hydrogen-bond acceptors (Lipinski definition) is 11. The van der Waals surface area contributed by atoms with Crippen LogP contribution in [-0.4, -0.2) is 38.0 Å². The lowest BCUT2D eigenvalue weighted by atomic mass is 10.2. The summed E-state index contributed by atoms with van der Waals surface area (Å²) in [5.74, 6) is -0.500. The quantitative estimate of drug-likeness (QED) is 0.388. The van der Waals surface area contributed by atoms with Crippen LogP contribution in [0.4, 0.5) is 22.9 Å². The first kappa shape index (κ1) is 21.0. The van der Waals surface area contributed by atoms with E-state index >= 15 is 0 Å². The number of nitrogens with two attached hydrogens (primary N) is 2. The molecular formula is C13H12N6O7S2. The number of benzene rings is 1. The van der Waals surface area contributed by atoms with Crippen molar-refractivity contribution in [2.24, 2.45) is 10.2 Å². The van der Waals surface area contributed by atoms with E-state index in [-0.39, 0.29) is 28.6 Å². The van der Waals surface area contributed by atoms with Gasteiger partial charge in [0.1, 0.15) is 28.0 Å². The van der Waals surface area contributed by atoms with E-state index < -0.39 is 35.7 Å². The van der Waals surface area contributed by atoms with Crippen LogP contribution in [0, 0.1) is 11.3 Å². The van der Waals surface area contributed by atoms with Crippen molar-refractivity contribution in [1.82, 2.24) is 4.98 Å². The first-order valence-corrected chi connectivity index (χ1v) is 9.82.